The van der Waals surface area contributed by atoms with Crippen LogP contribution >= 0.6 is 11.3 Å². The zero-order valence-electron chi connectivity index (χ0n) is 62.3. The van der Waals surface area contributed by atoms with Crippen molar-refractivity contribution in [3.63, 3.8) is 0 Å². The molecule has 0 saturated carbocycles. The first kappa shape index (κ1) is 66.5. The maximum atomic E-state index is 7.31. The monoisotopic (exact) mass is 1500 g/mol. The number of aromatic nitrogens is 10. The van der Waals surface area contributed by atoms with Crippen molar-refractivity contribution in [1.82, 2.24) is 49.0 Å². The number of nitrogens with zero attached hydrogens (tertiary/aromatic N) is 10. The molecule has 0 amide bonds. The van der Waals surface area contributed by atoms with Crippen LogP contribution in [-0.2, 0) is 0 Å². The third-order valence-corrected chi connectivity index (χ3v) is 24.2. The first-order valence-corrected chi connectivity index (χ1v) is 39.8. The molecule has 12 heteroatoms. The Kier molecular flexibility index (Phi) is 15.7. The van der Waals surface area contributed by atoms with Gasteiger partial charge in [0.15, 0.2) is 5.82 Å². The SMILES string of the molecule is C1=CCCC(c2nc(-c3ccc(-c4ccc5nc(-c6ccc(-c7ccc8c(c7)c7ccccc7n8-c7cc(-c8ccc9nc(-c%10ccccc%10)c%10c(-c%11cccnc%11)c(-c%11cccnc%11)oc%10c9c8)cc(-n8c9ccccc9c9ccccc98)c7)cc6)c6c(-c7ccncc7)c(-c7ccncc7)sc6c5c4)cc3)c3ccccc3n2)=C1. The number of furan rings is 1. The van der Waals surface area contributed by atoms with E-state index in [4.69, 9.17) is 24.4 Å². The van der Waals surface area contributed by atoms with Gasteiger partial charge in [-0.2, -0.15) is 0 Å². The number of benzene rings is 11. The van der Waals surface area contributed by atoms with Crippen molar-refractivity contribution < 1.29 is 4.42 Å². The van der Waals surface area contributed by atoms with Gasteiger partial charge in [-0.05, 0) is 184 Å². The lowest BCUT2D eigenvalue weighted by molar-refractivity contribution is 0.635. The van der Waals surface area contributed by atoms with E-state index in [2.05, 4.69) is 326 Å². The van der Waals surface area contributed by atoms with E-state index in [1.165, 1.54) is 10.8 Å². The third kappa shape index (κ3) is 11.1. The van der Waals surface area contributed by atoms with Gasteiger partial charge in [-0.25, -0.2) is 19.9 Å². The molecule has 0 fully saturated rings. The number of allylic oxidation sites excluding steroid dienone is 4. The van der Waals surface area contributed by atoms with Crippen LogP contribution in [0.2, 0.25) is 0 Å². The van der Waals surface area contributed by atoms with Crippen molar-refractivity contribution in [3.05, 3.63) is 371 Å². The lowest BCUT2D eigenvalue weighted by Gasteiger charge is -2.16. The second-order valence-corrected chi connectivity index (χ2v) is 30.7. The summed E-state index contributed by atoms with van der Waals surface area (Å²) in [4.78, 5) is 40.9. The Morgan fingerprint density at radius 1 is 0.310 bits per heavy atom. The molecule has 0 aliphatic heterocycles. The van der Waals surface area contributed by atoms with Crippen molar-refractivity contribution in [1.29, 1.82) is 0 Å². The van der Waals surface area contributed by atoms with Crippen LogP contribution in [0.15, 0.2) is 369 Å². The van der Waals surface area contributed by atoms with Crippen LogP contribution in [0.3, 0.4) is 0 Å². The summed E-state index contributed by atoms with van der Waals surface area (Å²) in [6.07, 6.45) is 23.3. The Morgan fingerprint density at radius 3 is 1.45 bits per heavy atom. The van der Waals surface area contributed by atoms with Gasteiger partial charge >= 0.3 is 0 Å². The molecule has 23 rings (SSSR count). The van der Waals surface area contributed by atoms with Crippen molar-refractivity contribution in [3.8, 4) is 123 Å². The molecule has 0 N–H and O–H groups in total. The van der Waals surface area contributed by atoms with Gasteiger partial charge in [-0.15, -0.1) is 11.3 Å². The molecule has 0 unspecified atom stereocenters. The molecule has 11 nitrogen and oxygen atoms in total. The molecule has 11 aromatic carbocycles. The second kappa shape index (κ2) is 27.3. The standard InChI is InChI=1S/C104H64N10OS/c1-3-17-66(18-4-1)98-95-93(74-21-15-49-107-61-74)100(75-22-16-50-108-62-75)115-101(95)84-58-73(40-42-87(84)109-98)76-55-77(113-89-28-12-8-23-79(89)80-24-9-13-29-90(80)113)60-78(56-76)114-91-30-14-10-25-81(91)83-57-72(41-44-92(83)114)64-33-37-68(38-34-64)99-96-94(65-45-51-105-52-46-65)102(69-47-53-106-54-48-69)116-103(96)85-59-71(39-43-88(85)110-99)63-31-35-67(36-32-63)97-82-26-7-11-27-86(82)111-104(112-97)70-19-5-2-6-20-70/h1-5,7-19,21-62H,6,20H2. The summed E-state index contributed by atoms with van der Waals surface area (Å²) in [6.45, 7) is 0. The van der Waals surface area contributed by atoms with E-state index < -0.39 is 0 Å². The van der Waals surface area contributed by atoms with Gasteiger partial charge in [0.05, 0.1) is 61.1 Å². The van der Waals surface area contributed by atoms with Gasteiger partial charge in [0, 0.05) is 153 Å². The first-order valence-electron chi connectivity index (χ1n) is 39.0. The quantitative estimate of drug-likeness (QED) is 0.111. The molecule has 11 aromatic heterocycles. The Balaban J connectivity index is 0.662. The molecule has 0 bridgehead atoms. The summed E-state index contributed by atoms with van der Waals surface area (Å²) in [5, 5.41) is 9.66. The fraction of sp³-hybridized carbons (Fsp3) is 0.0192. The number of hydrogen-bond donors (Lipinski definition) is 0. The zero-order chi connectivity index (χ0) is 76.3. The summed E-state index contributed by atoms with van der Waals surface area (Å²) in [5.41, 5.74) is 29.1. The summed E-state index contributed by atoms with van der Waals surface area (Å²) < 4.78 is 13.3. The second-order valence-electron chi connectivity index (χ2n) is 29.6. The van der Waals surface area contributed by atoms with E-state index in [-0.39, 0.29) is 0 Å². The molecule has 0 atom stereocenters. The number of para-hydroxylation sites is 4. The normalized spacial score (nSPS) is 12.4. The van der Waals surface area contributed by atoms with Crippen LogP contribution in [0.1, 0.15) is 18.7 Å². The van der Waals surface area contributed by atoms with Gasteiger partial charge in [0.2, 0.25) is 0 Å². The van der Waals surface area contributed by atoms with Gasteiger partial charge in [0.25, 0.3) is 0 Å². The van der Waals surface area contributed by atoms with Crippen molar-refractivity contribution in [2.75, 3.05) is 0 Å². The van der Waals surface area contributed by atoms with E-state index >= 15 is 0 Å². The molecule has 1 aliphatic rings. The number of rotatable bonds is 13. The van der Waals surface area contributed by atoms with E-state index in [1.54, 1.807) is 23.7 Å². The van der Waals surface area contributed by atoms with Crippen LogP contribution in [0.5, 0.6) is 0 Å². The average Bonchev–Trinajstić information content (AvgIpc) is 1.56. The van der Waals surface area contributed by atoms with Gasteiger partial charge in [0.1, 0.15) is 11.3 Å². The zero-order valence-corrected chi connectivity index (χ0v) is 63.2. The molecule has 0 saturated heterocycles. The number of thiophene rings is 1. The van der Waals surface area contributed by atoms with Crippen LogP contribution < -0.4 is 0 Å². The van der Waals surface area contributed by atoms with Crippen LogP contribution in [0.25, 0.3) is 225 Å². The Morgan fingerprint density at radius 2 is 0.810 bits per heavy atom. The maximum absolute atomic E-state index is 7.31. The highest BCUT2D eigenvalue weighted by molar-refractivity contribution is 7.24. The topological polar surface area (TPSA) is 126 Å². The van der Waals surface area contributed by atoms with Crippen molar-refractivity contribution in [2.45, 2.75) is 12.8 Å². The summed E-state index contributed by atoms with van der Waals surface area (Å²) in [5.74, 6) is 1.49. The number of fused-ring (bicyclic) bond motifs is 13. The average molecular weight is 1500 g/mol. The van der Waals surface area contributed by atoms with Crippen LogP contribution in [0.4, 0.5) is 0 Å². The molecule has 116 heavy (non-hydrogen) atoms. The fourth-order valence-corrected chi connectivity index (χ4v) is 18.9. The predicted molar refractivity (Wildman–Crippen MR) is 476 cm³/mol. The number of pyridine rings is 6. The van der Waals surface area contributed by atoms with E-state index in [0.29, 0.717) is 5.76 Å². The highest BCUT2D eigenvalue weighted by Crippen LogP contribution is 2.52. The summed E-state index contributed by atoms with van der Waals surface area (Å²) >= 11 is 1.81. The molecular weight excluding hydrogens is 1440 g/mol. The minimum Gasteiger partial charge on any atom is -0.455 e. The molecule has 1 aliphatic carbocycles. The van der Waals surface area contributed by atoms with Crippen LogP contribution in [0, 0.1) is 0 Å². The predicted octanol–water partition coefficient (Wildman–Crippen LogP) is 26.9. The third-order valence-electron chi connectivity index (χ3n) is 23.0. The van der Waals surface area contributed by atoms with E-state index in [1.807, 2.05) is 55.4 Å². The smallest absolute Gasteiger partial charge is 0.156 e. The first-order chi connectivity index (χ1) is 57.5. The highest BCUT2D eigenvalue weighted by Gasteiger charge is 2.28. The minimum absolute atomic E-state index is 0.703. The highest BCUT2D eigenvalue weighted by atomic mass is 32.1. The lowest BCUT2D eigenvalue weighted by Crippen LogP contribution is -2.00. The molecule has 542 valence electrons. The Bertz CT molecular complexity index is 7730. The molecular formula is C104H64N10OS. The van der Waals surface area contributed by atoms with Crippen LogP contribution in [-0.4, -0.2) is 49.0 Å². The summed E-state index contributed by atoms with van der Waals surface area (Å²) in [7, 11) is 0. The minimum atomic E-state index is 0.703. The summed E-state index contributed by atoms with van der Waals surface area (Å²) in [6, 6.07) is 107. The van der Waals surface area contributed by atoms with Gasteiger partial charge < -0.3 is 13.6 Å². The van der Waals surface area contributed by atoms with E-state index in [0.717, 1.165) is 228 Å². The maximum Gasteiger partial charge on any atom is 0.156 e. The molecule has 0 radical (unpaired) electrons. The Hall–Kier alpha value is -15.2. The van der Waals surface area contributed by atoms with Gasteiger partial charge in [-0.3, -0.25) is 19.9 Å². The van der Waals surface area contributed by atoms with Crippen molar-refractivity contribution >= 4 is 114 Å². The number of hydrogen-bond acceptors (Lipinski definition) is 10. The van der Waals surface area contributed by atoms with Crippen molar-refractivity contribution in [2.24, 2.45) is 0 Å². The molecule has 22 aromatic rings. The van der Waals surface area contributed by atoms with E-state index in [9.17, 15) is 0 Å². The molecule has 11 heterocycles. The Labute approximate surface area is 669 Å². The fourth-order valence-electron chi connectivity index (χ4n) is 17.6. The molecule has 0 spiro atoms. The lowest BCUT2D eigenvalue weighted by atomic mass is 9.94. The van der Waals surface area contributed by atoms with Gasteiger partial charge in [-0.1, -0.05) is 194 Å². The largest absolute Gasteiger partial charge is 0.455 e.